The van der Waals surface area contributed by atoms with Gasteiger partial charge in [0.2, 0.25) is 5.91 Å². The Labute approximate surface area is 85.5 Å². The molecule has 2 nitrogen and oxygen atoms in total. The number of amides is 1. The summed E-state index contributed by atoms with van der Waals surface area (Å²) in [6.45, 7) is 0.382. The van der Waals surface area contributed by atoms with Gasteiger partial charge < -0.3 is 5.32 Å². The third kappa shape index (κ3) is 1.77. The zero-order chi connectivity index (χ0) is 9.97. The van der Waals surface area contributed by atoms with Crippen LogP contribution in [0.1, 0.15) is 32.1 Å². The summed E-state index contributed by atoms with van der Waals surface area (Å²) in [5.74, 6) is 4.35. The molecule has 0 aromatic rings. The van der Waals surface area contributed by atoms with Crippen LogP contribution in [0, 0.1) is 30.1 Å². The maximum absolute atomic E-state index is 11.7. The van der Waals surface area contributed by atoms with E-state index in [2.05, 4.69) is 11.2 Å². The molecular weight excluding hydrogens is 174 g/mol. The number of rotatable bonds is 2. The van der Waals surface area contributed by atoms with Gasteiger partial charge in [0.25, 0.3) is 0 Å². The van der Waals surface area contributed by atoms with Crippen LogP contribution in [0.3, 0.4) is 0 Å². The second kappa shape index (κ2) is 4.04. The van der Waals surface area contributed by atoms with Gasteiger partial charge in [-0.1, -0.05) is 18.8 Å². The zero-order valence-corrected chi connectivity index (χ0v) is 8.46. The minimum atomic E-state index is 0.192. The van der Waals surface area contributed by atoms with Crippen LogP contribution in [-0.4, -0.2) is 12.5 Å². The van der Waals surface area contributed by atoms with Crippen molar-refractivity contribution < 1.29 is 4.79 Å². The molecule has 3 fully saturated rings. The lowest BCUT2D eigenvalue weighted by Gasteiger charge is -2.41. The Bertz CT molecular complexity index is 258. The molecule has 3 saturated carbocycles. The SMILES string of the molecule is C#CCNC(=O)C1CC2CCC1CC2. The summed E-state index contributed by atoms with van der Waals surface area (Å²) in [5, 5.41) is 2.81. The Hall–Kier alpha value is -0.970. The van der Waals surface area contributed by atoms with Crippen LogP contribution in [0.25, 0.3) is 0 Å². The Kier molecular flexibility index (Phi) is 2.77. The van der Waals surface area contributed by atoms with E-state index in [1.165, 1.54) is 25.7 Å². The van der Waals surface area contributed by atoms with Gasteiger partial charge in [0.1, 0.15) is 0 Å². The van der Waals surface area contributed by atoms with Gasteiger partial charge in [-0.2, -0.15) is 0 Å². The van der Waals surface area contributed by atoms with E-state index in [-0.39, 0.29) is 11.8 Å². The van der Waals surface area contributed by atoms with Crippen LogP contribution in [0.4, 0.5) is 0 Å². The predicted molar refractivity (Wildman–Crippen MR) is 55.4 cm³/mol. The molecule has 76 valence electrons. The summed E-state index contributed by atoms with van der Waals surface area (Å²) in [6.07, 6.45) is 11.4. The number of fused-ring (bicyclic) bond motifs is 3. The van der Waals surface area contributed by atoms with Gasteiger partial charge >= 0.3 is 0 Å². The molecule has 1 amide bonds. The minimum absolute atomic E-state index is 0.192. The van der Waals surface area contributed by atoms with Crippen molar-refractivity contribution in [1.82, 2.24) is 5.32 Å². The first-order chi connectivity index (χ1) is 6.81. The van der Waals surface area contributed by atoms with Gasteiger partial charge in [-0.15, -0.1) is 6.42 Å². The highest BCUT2D eigenvalue weighted by molar-refractivity contribution is 5.79. The number of hydrogen-bond donors (Lipinski definition) is 1. The molecule has 2 bridgehead atoms. The molecule has 3 rings (SSSR count). The Balaban J connectivity index is 1.92. The van der Waals surface area contributed by atoms with E-state index in [0.29, 0.717) is 12.5 Å². The lowest BCUT2D eigenvalue weighted by molar-refractivity contribution is -0.129. The van der Waals surface area contributed by atoms with E-state index in [9.17, 15) is 4.79 Å². The second-order valence-corrected chi connectivity index (χ2v) is 4.54. The first-order valence-corrected chi connectivity index (χ1v) is 5.52. The van der Waals surface area contributed by atoms with Crippen molar-refractivity contribution in [3.8, 4) is 12.3 Å². The van der Waals surface area contributed by atoms with Crippen molar-refractivity contribution in [1.29, 1.82) is 0 Å². The fourth-order valence-corrected chi connectivity index (χ4v) is 2.97. The van der Waals surface area contributed by atoms with Crippen molar-refractivity contribution in [2.24, 2.45) is 17.8 Å². The molecule has 0 aromatic heterocycles. The normalized spacial score (nSPS) is 34.9. The smallest absolute Gasteiger partial charge is 0.224 e. The van der Waals surface area contributed by atoms with Crippen molar-refractivity contribution in [2.75, 3.05) is 6.54 Å². The Morgan fingerprint density at radius 3 is 2.57 bits per heavy atom. The second-order valence-electron chi connectivity index (χ2n) is 4.54. The number of carbonyl (C=O) groups excluding carboxylic acids is 1. The highest BCUT2D eigenvalue weighted by Crippen LogP contribution is 2.44. The summed E-state index contributed by atoms with van der Waals surface area (Å²) >= 11 is 0. The first kappa shape index (κ1) is 9.58. The molecule has 0 heterocycles. The van der Waals surface area contributed by atoms with Crippen LogP contribution in [0.5, 0.6) is 0 Å². The lowest BCUT2D eigenvalue weighted by Crippen LogP contribution is -2.41. The molecule has 1 unspecified atom stereocenters. The molecule has 0 aromatic carbocycles. The molecule has 0 spiro atoms. The fraction of sp³-hybridized carbons (Fsp3) is 0.750. The lowest BCUT2D eigenvalue weighted by atomic mass is 9.64. The number of carbonyl (C=O) groups is 1. The van der Waals surface area contributed by atoms with Gasteiger partial charge in [-0.3, -0.25) is 4.79 Å². The van der Waals surface area contributed by atoms with E-state index in [4.69, 9.17) is 6.42 Å². The topological polar surface area (TPSA) is 29.1 Å². The van der Waals surface area contributed by atoms with Crippen molar-refractivity contribution in [2.45, 2.75) is 32.1 Å². The average Bonchev–Trinajstić information content (AvgIpc) is 2.27. The standard InChI is InChI=1S/C12H17NO/c1-2-7-13-12(14)11-8-9-3-5-10(11)6-4-9/h1,9-11H,3-8H2,(H,13,14). The largest absolute Gasteiger partial charge is 0.345 e. The maximum atomic E-state index is 11.7. The van der Waals surface area contributed by atoms with E-state index in [1.54, 1.807) is 0 Å². The summed E-state index contributed by atoms with van der Waals surface area (Å²) in [4.78, 5) is 11.7. The van der Waals surface area contributed by atoms with Crippen molar-refractivity contribution in [3.63, 3.8) is 0 Å². The van der Waals surface area contributed by atoms with Gasteiger partial charge in [0.15, 0.2) is 0 Å². The maximum Gasteiger partial charge on any atom is 0.224 e. The van der Waals surface area contributed by atoms with Crippen LogP contribution >= 0.6 is 0 Å². The van der Waals surface area contributed by atoms with Crippen LogP contribution in [-0.2, 0) is 4.79 Å². The first-order valence-electron chi connectivity index (χ1n) is 5.52. The van der Waals surface area contributed by atoms with Gasteiger partial charge in [0.05, 0.1) is 6.54 Å². The molecule has 0 aliphatic heterocycles. The van der Waals surface area contributed by atoms with Gasteiger partial charge in [-0.05, 0) is 31.1 Å². The number of hydrogen-bond acceptors (Lipinski definition) is 1. The number of nitrogens with one attached hydrogen (secondary N) is 1. The molecule has 1 N–H and O–H groups in total. The van der Waals surface area contributed by atoms with Crippen LogP contribution < -0.4 is 5.32 Å². The highest BCUT2D eigenvalue weighted by atomic mass is 16.1. The molecule has 0 saturated heterocycles. The zero-order valence-electron chi connectivity index (χ0n) is 8.46. The predicted octanol–water partition coefficient (Wildman–Crippen LogP) is 1.56. The van der Waals surface area contributed by atoms with Gasteiger partial charge in [0, 0.05) is 5.92 Å². The number of terminal acetylenes is 1. The summed E-state index contributed by atoms with van der Waals surface area (Å²) in [5.41, 5.74) is 0. The molecule has 1 atom stereocenters. The fourth-order valence-electron chi connectivity index (χ4n) is 2.97. The van der Waals surface area contributed by atoms with Crippen LogP contribution in [0.15, 0.2) is 0 Å². The molecule has 14 heavy (non-hydrogen) atoms. The summed E-state index contributed by atoms with van der Waals surface area (Å²) in [7, 11) is 0. The van der Waals surface area contributed by atoms with E-state index < -0.39 is 0 Å². The molecule has 0 radical (unpaired) electrons. The summed E-state index contributed by atoms with van der Waals surface area (Å²) in [6, 6.07) is 0. The van der Waals surface area contributed by atoms with E-state index in [1.807, 2.05) is 0 Å². The van der Waals surface area contributed by atoms with Crippen molar-refractivity contribution >= 4 is 5.91 Å². The third-order valence-electron chi connectivity index (χ3n) is 3.75. The van der Waals surface area contributed by atoms with E-state index in [0.717, 1.165) is 12.3 Å². The molecule has 3 aliphatic carbocycles. The molecule has 2 heteroatoms. The average molecular weight is 191 g/mol. The third-order valence-corrected chi connectivity index (χ3v) is 3.75. The van der Waals surface area contributed by atoms with Crippen molar-refractivity contribution in [3.05, 3.63) is 0 Å². The quantitative estimate of drug-likeness (QED) is 0.659. The van der Waals surface area contributed by atoms with Crippen LogP contribution in [0.2, 0.25) is 0 Å². The summed E-state index contributed by atoms with van der Waals surface area (Å²) < 4.78 is 0. The molecular formula is C12H17NO. The van der Waals surface area contributed by atoms with Gasteiger partial charge in [-0.25, -0.2) is 0 Å². The highest BCUT2D eigenvalue weighted by Gasteiger charge is 2.38. The Morgan fingerprint density at radius 2 is 2.07 bits per heavy atom. The molecule has 3 aliphatic rings. The van der Waals surface area contributed by atoms with E-state index >= 15 is 0 Å². The monoisotopic (exact) mass is 191 g/mol. The Morgan fingerprint density at radius 1 is 1.36 bits per heavy atom. The minimum Gasteiger partial charge on any atom is -0.345 e.